The summed E-state index contributed by atoms with van der Waals surface area (Å²) in [5.74, 6) is 1.23. The van der Waals surface area contributed by atoms with Gasteiger partial charge in [-0.25, -0.2) is 4.68 Å². The molecule has 2 aromatic heterocycles. The number of benzene rings is 1. The first-order valence-electron chi connectivity index (χ1n) is 7.40. The second-order valence-electron chi connectivity index (χ2n) is 5.76. The molecule has 0 aliphatic heterocycles. The highest BCUT2D eigenvalue weighted by atomic mass is 32.3. The zero-order chi connectivity index (χ0) is 16.7. The van der Waals surface area contributed by atoms with Crippen LogP contribution in [-0.2, 0) is 16.8 Å². The number of nitrogens with zero attached hydrogens (tertiary/aromatic N) is 4. The third kappa shape index (κ3) is 3.07. The van der Waals surface area contributed by atoms with Gasteiger partial charge < -0.3 is 4.52 Å². The highest BCUT2D eigenvalue weighted by Crippen LogP contribution is 2.39. The number of aromatic nitrogens is 4. The van der Waals surface area contributed by atoms with Crippen LogP contribution in [0.15, 0.2) is 45.9 Å². The zero-order valence-electron chi connectivity index (χ0n) is 12.5. The number of rotatable bonds is 5. The van der Waals surface area contributed by atoms with Gasteiger partial charge in [0.1, 0.15) is 12.2 Å². The fourth-order valence-electron chi connectivity index (χ4n) is 2.43. The van der Waals surface area contributed by atoms with E-state index in [1.807, 2.05) is 6.07 Å². The zero-order valence-corrected chi connectivity index (χ0v) is 13.3. The summed E-state index contributed by atoms with van der Waals surface area (Å²) in [6.45, 7) is 0.406. The summed E-state index contributed by atoms with van der Waals surface area (Å²) in [6, 6.07) is 7.30. The van der Waals surface area contributed by atoms with Crippen molar-refractivity contribution < 1.29 is 16.8 Å². The van der Waals surface area contributed by atoms with Crippen molar-refractivity contribution >= 4 is 10.2 Å². The van der Waals surface area contributed by atoms with Crippen LogP contribution in [0, 0.1) is 0 Å². The van der Waals surface area contributed by atoms with Gasteiger partial charge in [0.2, 0.25) is 0 Å². The lowest BCUT2D eigenvalue weighted by Crippen LogP contribution is -1.98. The maximum atomic E-state index is 12.9. The maximum absolute atomic E-state index is 12.9. The lowest BCUT2D eigenvalue weighted by Gasteiger charge is -1.97. The van der Waals surface area contributed by atoms with Crippen LogP contribution in [0.5, 0.6) is 0 Å². The molecule has 124 valence electrons. The van der Waals surface area contributed by atoms with Crippen LogP contribution in [0.3, 0.4) is 0 Å². The lowest BCUT2D eigenvalue weighted by molar-refractivity contribution is 0.365. The Kier molecular flexibility index (Phi) is 3.45. The Balaban J connectivity index is 1.51. The molecule has 1 aliphatic rings. The van der Waals surface area contributed by atoms with Crippen LogP contribution in [-0.4, -0.2) is 28.6 Å². The molecular formula is C15H13FN4O3S. The Bertz CT molecular complexity index is 974. The smallest absolute Gasteiger partial charge is 0.332 e. The molecule has 0 unspecified atom stereocenters. The first-order chi connectivity index (χ1) is 11.5. The van der Waals surface area contributed by atoms with E-state index in [0.29, 0.717) is 29.5 Å². The lowest BCUT2D eigenvalue weighted by atomic mass is 10.2. The second-order valence-corrected chi connectivity index (χ2v) is 7.10. The predicted molar refractivity (Wildman–Crippen MR) is 81.3 cm³/mol. The maximum Gasteiger partial charge on any atom is 0.332 e. The summed E-state index contributed by atoms with van der Waals surface area (Å²) in [5, 5.41) is 12.1. The molecule has 2 heterocycles. The molecule has 0 spiro atoms. The van der Waals surface area contributed by atoms with Crippen LogP contribution in [0.2, 0.25) is 0 Å². The molecule has 7 nitrogen and oxygen atoms in total. The standard InChI is InChI=1S/C15H13FN4O3S/c16-24(21,22)13-5-3-11(4-6-13)15-9-20(19-17-15)8-12-7-14(18-23-12)10-1-2-10/h3-7,9-10H,1-2,8H2. The Labute approximate surface area is 137 Å². The predicted octanol–water partition coefficient (Wildman–Crippen LogP) is 2.52. The van der Waals surface area contributed by atoms with Gasteiger partial charge in [0.25, 0.3) is 0 Å². The average molecular weight is 348 g/mol. The third-order valence-electron chi connectivity index (χ3n) is 3.86. The topological polar surface area (TPSA) is 90.9 Å². The van der Waals surface area contributed by atoms with Gasteiger partial charge in [-0.1, -0.05) is 22.5 Å². The van der Waals surface area contributed by atoms with Crippen LogP contribution >= 0.6 is 0 Å². The number of hydrogen-bond donors (Lipinski definition) is 0. The van der Waals surface area contributed by atoms with Crippen LogP contribution in [0.4, 0.5) is 3.89 Å². The molecule has 3 aromatic rings. The Morgan fingerprint density at radius 1 is 1.25 bits per heavy atom. The quantitative estimate of drug-likeness (QED) is 0.658. The second kappa shape index (κ2) is 5.52. The van der Waals surface area contributed by atoms with Crippen LogP contribution < -0.4 is 0 Å². The Morgan fingerprint density at radius 2 is 2.00 bits per heavy atom. The number of hydrogen-bond acceptors (Lipinski definition) is 6. The molecule has 1 aliphatic carbocycles. The minimum atomic E-state index is -4.70. The van der Waals surface area contributed by atoms with Crippen LogP contribution in [0.1, 0.15) is 30.2 Å². The highest BCUT2D eigenvalue weighted by molar-refractivity contribution is 7.86. The van der Waals surface area contributed by atoms with Gasteiger partial charge in [0, 0.05) is 17.5 Å². The van der Waals surface area contributed by atoms with E-state index in [9.17, 15) is 12.3 Å². The molecular weight excluding hydrogens is 335 g/mol. The van der Waals surface area contributed by atoms with Gasteiger partial charge in [0.05, 0.1) is 16.8 Å². The van der Waals surface area contributed by atoms with Crippen LogP contribution in [0.25, 0.3) is 11.3 Å². The first-order valence-corrected chi connectivity index (χ1v) is 8.78. The van der Waals surface area contributed by atoms with Gasteiger partial charge in [-0.15, -0.1) is 8.98 Å². The molecule has 1 aromatic carbocycles. The molecule has 0 atom stereocenters. The fourth-order valence-corrected chi connectivity index (χ4v) is 2.89. The average Bonchev–Trinajstić information content (AvgIpc) is 3.12. The van der Waals surface area contributed by atoms with E-state index in [1.165, 1.54) is 24.3 Å². The van der Waals surface area contributed by atoms with E-state index < -0.39 is 10.2 Å². The summed E-state index contributed by atoms with van der Waals surface area (Å²) in [6.07, 6.45) is 4.02. The van der Waals surface area contributed by atoms with E-state index in [-0.39, 0.29) is 4.90 Å². The van der Waals surface area contributed by atoms with E-state index in [2.05, 4.69) is 15.5 Å². The summed E-state index contributed by atoms with van der Waals surface area (Å²) < 4.78 is 41.4. The summed E-state index contributed by atoms with van der Waals surface area (Å²) in [7, 11) is -4.70. The monoisotopic (exact) mass is 348 g/mol. The molecule has 0 radical (unpaired) electrons. The minimum Gasteiger partial charge on any atom is -0.359 e. The van der Waals surface area contributed by atoms with Gasteiger partial charge in [-0.3, -0.25) is 0 Å². The van der Waals surface area contributed by atoms with Gasteiger partial charge in [-0.05, 0) is 25.0 Å². The molecule has 9 heteroatoms. The SMILES string of the molecule is O=S(=O)(F)c1ccc(-c2cn(Cc3cc(C4CC4)no3)nn2)cc1. The molecule has 4 rings (SSSR count). The molecule has 1 fully saturated rings. The van der Waals surface area contributed by atoms with Gasteiger partial charge in [0.15, 0.2) is 5.76 Å². The minimum absolute atomic E-state index is 0.382. The van der Waals surface area contributed by atoms with Crippen molar-refractivity contribution in [2.75, 3.05) is 0 Å². The van der Waals surface area contributed by atoms with Gasteiger partial charge in [-0.2, -0.15) is 8.42 Å². The summed E-state index contributed by atoms with van der Waals surface area (Å²) in [5.41, 5.74) is 2.18. The number of halogens is 1. The molecule has 24 heavy (non-hydrogen) atoms. The van der Waals surface area contributed by atoms with Crippen molar-refractivity contribution in [3.8, 4) is 11.3 Å². The summed E-state index contributed by atoms with van der Waals surface area (Å²) in [4.78, 5) is -0.382. The normalized spacial score (nSPS) is 14.9. The van der Waals surface area contributed by atoms with Crippen molar-refractivity contribution in [3.05, 3.63) is 48.0 Å². The summed E-state index contributed by atoms with van der Waals surface area (Å²) >= 11 is 0. The molecule has 1 saturated carbocycles. The van der Waals surface area contributed by atoms with Crippen molar-refractivity contribution in [2.24, 2.45) is 0 Å². The van der Waals surface area contributed by atoms with E-state index in [0.717, 1.165) is 18.5 Å². The van der Waals surface area contributed by atoms with Crippen molar-refractivity contribution in [3.63, 3.8) is 0 Å². The highest BCUT2D eigenvalue weighted by Gasteiger charge is 2.27. The molecule has 0 saturated heterocycles. The van der Waals surface area contributed by atoms with E-state index in [1.54, 1.807) is 10.9 Å². The largest absolute Gasteiger partial charge is 0.359 e. The van der Waals surface area contributed by atoms with Crippen molar-refractivity contribution in [1.29, 1.82) is 0 Å². The Morgan fingerprint density at radius 3 is 2.67 bits per heavy atom. The van der Waals surface area contributed by atoms with E-state index in [4.69, 9.17) is 4.52 Å². The van der Waals surface area contributed by atoms with Crippen molar-refractivity contribution in [2.45, 2.75) is 30.2 Å². The Hall–Kier alpha value is -2.55. The first kappa shape index (κ1) is 15.0. The fraction of sp³-hybridized carbons (Fsp3) is 0.267. The molecule has 0 N–H and O–H groups in total. The van der Waals surface area contributed by atoms with Crippen molar-refractivity contribution in [1.82, 2.24) is 20.2 Å². The molecule has 0 bridgehead atoms. The van der Waals surface area contributed by atoms with E-state index >= 15 is 0 Å². The molecule has 0 amide bonds. The van der Waals surface area contributed by atoms with Gasteiger partial charge >= 0.3 is 10.2 Å². The third-order valence-corrected chi connectivity index (χ3v) is 4.70.